The van der Waals surface area contributed by atoms with Gasteiger partial charge >= 0.3 is 0 Å². The SMILES string of the molecule is COc1ccc2[nH]c(=O)c(C(c3nnnn3Cc3ccccc3)N(Cc3ccco3)Cc3cccs3)cc2c1. The van der Waals surface area contributed by atoms with Crippen LogP contribution in [0, 0.1) is 0 Å². The molecule has 0 amide bonds. The van der Waals surface area contributed by atoms with Gasteiger partial charge in [0.2, 0.25) is 0 Å². The maximum atomic E-state index is 13.7. The highest BCUT2D eigenvalue weighted by Gasteiger charge is 2.31. The van der Waals surface area contributed by atoms with Gasteiger partial charge in [0.05, 0.1) is 26.5 Å². The zero-order valence-corrected chi connectivity index (χ0v) is 22.0. The molecule has 1 N–H and O–H groups in total. The predicted molar refractivity (Wildman–Crippen MR) is 149 cm³/mol. The van der Waals surface area contributed by atoms with Crippen LogP contribution >= 0.6 is 11.3 Å². The predicted octanol–water partition coefficient (Wildman–Crippen LogP) is 5.02. The van der Waals surface area contributed by atoms with Crippen LogP contribution in [0.15, 0.2) is 99.7 Å². The van der Waals surface area contributed by atoms with Crippen LogP contribution in [0.5, 0.6) is 5.75 Å². The summed E-state index contributed by atoms with van der Waals surface area (Å²) in [6, 6.07) is 24.8. The Hall–Kier alpha value is -4.54. The van der Waals surface area contributed by atoms with Crippen molar-refractivity contribution < 1.29 is 9.15 Å². The van der Waals surface area contributed by atoms with E-state index in [-0.39, 0.29) is 5.56 Å². The first kappa shape index (κ1) is 24.8. The molecule has 6 rings (SSSR count). The van der Waals surface area contributed by atoms with Crippen molar-refractivity contribution in [1.29, 1.82) is 0 Å². The van der Waals surface area contributed by atoms with E-state index in [4.69, 9.17) is 9.15 Å². The maximum absolute atomic E-state index is 13.7. The van der Waals surface area contributed by atoms with E-state index in [0.717, 1.165) is 27.1 Å². The number of rotatable bonds is 10. The molecule has 0 fully saturated rings. The molecule has 0 saturated carbocycles. The molecule has 0 aliphatic heterocycles. The highest BCUT2D eigenvalue weighted by molar-refractivity contribution is 7.09. The lowest BCUT2D eigenvalue weighted by atomic mass is 10.0. The molecule has 6 aromatic rings. The van der Waals surface area contributed by atoms with Crippen LogP contribution in [0.1, 0.15) is 33.6 Å². The molecule has 0 bridgehead atoms. The number of methoxy groups -OCH3 is 1. The molecule has 0 saturated heterocycles. The lowest BCUT2D eigenvalue weighted by Crippen LogP contribution is -2.34. The van der Waals surface area contributed by atoms with Crippen molar-refractivity contribution in [2.75, 3.05) is 7.11 Å². The second kappa shape index (κ2) is 11.1. The molecule has 0 spiro atoms. The summed E-state index contributed by atoms with van der Waals surface area (Å²) in [4.78, 5) is 20.1. The van der Waals surface area contributed by atoms with Gasteiger partial charge < -0.3 is 14.1 Å². The van der Waals surface area contributed by atoms with Crippen molar-refractivity contribution in [3.05, 3.63) is 128 Å². The van der Waals surface area contributed by atoms with E-state index >= 15 is 0 Å². The third-order valence-corrected chi connectivity index (χ3v) is 7.46. The van der Waals surface area contributed by atoms with Crippen LogP contribution in [0.2, 0.25) is 0 Å². The number of pyridine rings is 1. The molecular weight excluding hydrogens is 512 g/mol. The van der Waals surface area contributed by atoms with E-state index in [1.54, 1.807) is 29.4 Å². The standard InChI is InChI=1S/C29H26N6O3S/c1-37-22-11-12-26-21(15-22)16-25(29(36)30-26)27(28-31-32-33-35(28)17-20-7-3-2-4-8-20)34(18-23-9-5-13-38-23)19-24-10-6-14-39-24/h2-16,27H,17-19H2,1H3,(H,30,36). The third kappa shape index (κ3) is 5.38. The molecule has 0 radical (unpaired) electrons. The molecular formula is C29H26N6O3S. The minimum absolute atomic E-state index is 0.206. The first-order valence-corrected chi connectivity index (χ1v) is 13.4. The number of thiophene rings is 1. The molecule has 0 aliphatic rings. The van der Waals surface area contributed by atoms with Crippen molar-refractivity contribution in [3.63, 3.8) is 0 Å². The van der Waals surface area contributed by atoms with Gasteiger partial charge in [0.15, 0.2) is 5.82 Å². The first-order valence-electron chi connectivity index (χ1n) is 12.5. The Labute approximate surface area is 228 Å². The number of ether oxygens (including phenoxy) is 1. The molecule has 1 unspecified atom stereocenters. The Balaban J connectivity index is 1.52. The second-order valence-corrected chi connectivity index (χ2v) is 10.2. The van der Waals surface area contributed by atoms with Crippen LogP contribution in [0.3, 0.4) is 0 Å². The van der Waals surface area contributed by atoms with E-state index in [2.05, 4.69) is 31.5 Å². The molecule has 196 valence electrons. The second-order valence-electron chi connectivity index (χ2n) is 9.15. The maximum Gasteiger partial charge on any atom is 0.253 e. The number of furan rings is 1. The van der Waals surface area contributed by atoms with E-state index in [1.807, 2.05) is 78.2 Å². The number of aromatic nitrogens is 5. The zero-order chi connectivity index (χ0) is 26.6. The summed E-state index contributed by atoms with van der Waals surface area (Å²) in [6.07, 6.45) is 1.65. The zero-order valence-electron chi connectivity index (χ0n) is 21.2. The van der Waals surface area contributed by atoms with Gasteiger partial charge in [-0.15, -0.1) is 16.4 Å². The van der Waals surface area contributed by atoms with Crippen molar-refractivity contribution >= 4 is 22.2 Å². The van der Waals surface area contributed by atoms with Gasteiger partial charge in [0, 0.05) is 27.9 Å². The lowest BCUT2D eigenvalue weighted by Gasteiger charge is -2.30. The van der Waals surface area contributed by atoms with E-state index in [9.17, 15) is 4.79 Å². The Morgan fingerprint density at radius 2 is 1.95 bits per heavy atom. The Bertz CT molecular complexity index is 1680. The first-order chi connectivity index (χ1) is 19.2. The quantitative estimate of drug-likeness (QED) is 0.261. The number of hydrogen-bond acceptors (Lipinski definition) is 8. The normalized spacial score (nSPS) is 12.3. The van der Waals surface area contributed by atoms with Gasteiger partial charge in [0.1, 0.15) is 17.6 Å². The number of hydrogen-bond donors (Lipinski definition) is 1. The smallest absolute Gasteiger partial charge is 0.253 e. The summed E-state index contributed by atoms with van der Waals surface area (Å²) in [5.74, 6) is 2.05. The monoisotopic (exact) mass is 538 g/mol. The fourth-order valence-corrected chi connectivity index (χ4v) is 5.48. The highest BCUT2D eigenvalue weighted by Crippen LogP contribution is 2.31. The van der Waals surface area contributed by atoms with E-state index in [0.29, 0.717) is 36.8 Å². The molecule has 9 nitrogen and oxygen atoms in total. The van der Waals surface area contributed by atoms with E-state index in [1.165, 1.54) is 0 Å². The average molecular weight is 539 g/mol. The fourth-order valence-electron chi connectivity index (χ4n) is 4.75. The van der Waals surface area contributed by atoms with Gasteiger partial charge in [-0.05, 0) is 63.8 Å². The number of tetrazole rings is 1. The molecule has 4 aromatic heterocycles. The lowest BCUT2D eigenvalue weighted by molar-refractivity contribution is 0.181. The molecule has 1 atom stereocenters. The summed E-state index contributed by atoms with van der Waals surface area (Å²) in [7, 11) is 1.63. The minimum atomic E-state index is -0.574. The van der Waals surface area contributed by atoms with Gasteiger partial charge in [-0.3, -0.25) is 9.69 Å². The van der Waals surface area contributed by atoms with Crippen molar-refractivity contribution in [2.45, 2.75) is 25.7 Å². The summed E-state index contributed by atoms with van der Waals surface area (Å²) in [6.45, 7) is 1.48. The van der Waals surface area contributed by atoms with Gasteiger partial charge in [0.25, 0.3) is 5.56 Å². The summed E-state index contributed by atoms with van der Waals surface area (Å²) in [5.41, 5.74) is 2.10. The molecule has 2 aromatic carbocycles. The number of nitrogens with one attached hydrogen (secondary N) is 1. The van der Waals surface area contributed by atoms with Gasteiger partial charge in [-0.25, -0.2) is 4.68 Å². The van der Waals surface area contributed by atoms with E-state index < -0.39 is 6.04 Å². The topological polar surface area (TPSA) is 102 Å². The summed E-state index contributed by atoms with van der Waals surface area (Å²) < 4.78 is 13.0. The van der Waals surface area contributed by atoms with Crippen molar-refractivity contribution in [2.24, 2.45) is 0 Å². The highest BCUT2D eigenvalue weighted by atomic mass is 32.1. The average Bonchev–Trinajstić information content (AvgIpc) is 3.74. The largest absolute Gasteiger partial charge is 0.497 e. The molecule has 10 heteroatoms. The fraction of sp³-hybridized carbons (Fsp3) is 0.172. The summed E-state index contributed by atoms with van der Waals surface area (Å²) in [5, 5.41) is 15.7. The molecule has 39 heavy (non-hydrogen) atoms. The Morgan fingerprint density at radius 1 is 1.05 bits per heavy atom. The van der Waals surface area contributed by atoms with Crippen molar-refractivity contribution in [3.8, 4) is 5.75 Å². The molecule has 4 heterocycles. The number of H-pyrrole nitrogens is 1. The Kier molecular flexibility index (Phi) is 7.03. The van der Waals surface area contributed by atoms with Crippen LogP contribution in [-0.4, -0.2) is 37.2 Å². The van der Waals surface area contributed by atoms with Crippen LogP contribution in [0.25, 0.3) is 10.9 Å². The van der Waals surface area contributed by atoms with Crippen molar-refractivity contribution in [1.82, 2.24) is 30.1 Å². The van der Waals surface area contributed by atoms with Gasteiger partial charge in [-0.1, -0.05) is 36.4 Å². The Morgan fingerprint density at radius 3 is 2.72 bits per heavy atom. The van der Waals surface area contributed by atoms with Crippen LogP contribution in [0.4, 0.5) is 0 Å². The van der Waals surface area contributed by atoms with Gasteiger partial charge in [-0.2, -0.15) is 0 Å². The van der Waals surface area contributed by atoms with Crippen LogP contribution in [-0.2, 0) is 19.6 Å². The number of benzene rings is 2. The number of nitrogens with zero attached hydrogens (tertiary/aromatic N) is 5. The number of fused-ring (bicyclic) bond motifs is 1. The number of aromatic amines is 1. The molecule has 0 aliphatic carbocycles. The third-order valence-electron chi connectivity index (χ3n) is 6.60. The minimum Gasteiger partial charge on any atom is -0.497 e. The summed E-state index contributed by atoms with van der Waals surface area (Å²) >= 11 is 1.66. The van der Waals surface area contributed by atoms with Crippen LogP contribution < -0.4 is 10.3 Å².